The second-order valence-corrected chi connectivity index (χ2v) is 6.48. The van der Waals surface area contributed by atoms with Gasteiger partial charge in [-0.05, 0) is 38.5 Å². The van der Waals surface area contributed by atoms with Crippen molar-refractivity contribution in [3.8, 4) is 0 Å². The summed E-state index contributed by atoms with van der Waals surface area (Å²) >= 11 is 0. The third-order valence-corrected chi connectivity index (χ3v) is 4.76. The Labute approximate surface area is 107 Å². The van der Waals surface area contributed by atoms with Gasteiger partial charge in [-0.1, -0.05) is 33.1 Å². The van der Waals surface area contributed by atoms with Gasteiger partial charge in [0.1, 0.15) is 0 Å². The molecule has 0 aromatic rings. The Hall–Kier alpha value is -0.0800. The minimum atomic E-state index is 0.241. The quantitative estimate of drug-likeness (QED) is 0.814. The van der Waals surface area contributed by atoms with E-state index in [4.69, 9.17) is 4.74 Å². The predicted octanol–water partition coefficient (Wildman–Crippen LogP) is 3.50. The van der Waals surface area contributed by atoms with Crippen LogP contribution in [0.3, 0.4) is 0 Å². The molecule has 2 heteroatoms. The van der Waals surface area contributed by atoms with Gasteiger partial charge in [0.2, 0.25) is 0 Å². The average molecular weight is 239 g/mol. The van der Waals surface area contributed by atoms with Crippen LogP contribution in [0.1, 0.15) is 65.7 Å². The van der Waals surface area contributed by atoms with Crippen molar-refractivity contribution in [2.24, 2.45) is 5.92 Å². The molecule has 1 aliphatic heterocycles. The molecule has 2 atom stereocenters. The van der Waals surface area contributed by atoms with E-state index in [0.29, 0.717) is 12.1 Å². The Morgan fingerprint density at radius 1 is 1.12 bits per heavy atom. The maximum absolute atomic E-state index is 6.14. The largest absolute Gasteiger partial charge is 0.375 e. The Morgan fingerprint density at radius 3 is 2.47 bits per heavy atom. The van der Waals surface area contributed by atoms with E-state index in [2.05, 4.69) is 26.1 Å². The van der Waals surface area contributed by atoms with E-state index >= 15 is 0 Å². The van der Waals surface area contributed by atoms with Gasteiger partial charge in [0, 0.05) is 18.7 Å². The van der Waals surface area contributed by atoms with Gasteiger partial charge in [-0.15, -0.1) is 0 Å². The molecule has 0 radical (unpaired) electrons. The molecule has 0 bridgehead atoms. The van der Waals surface area contributed by atoms with E-state index in [9.17, 15) is 0 Å². The van der Waals surface area contributed by atoms with Crippen LogP contribution in [0.2, 0.25) is 0 Å². The Morgan fingerprint density at radius 2 is 1.82 bits per heavy atom. The first-order valence-corrected chi connectivity index (χ1v) is 7.51. The standard InChI is InChI=1S/C15H29NO/c1-12(2)13(3)16-14-7-10-17-15(11-14)8-5-4-6-9-15/h12-14,16H,4-11H2,1-3H3. The molecule has 1 saturated heterocycles. The monoisotopic (exact) mass is 239 g/mol. The first kappa shape index (κ1) is 13.4. The zero-order valence-electron chi connectivity index (χ0n) is 11.8. The normalized spacial score (nSPS) is 30.7. The molecule has 1 spiro atoms. The summed E-state index contributed by atoms with van der Waals surface area (Å²) in [7, 11) is 0. The molecule has 2 rings (SSSR count). The third kappa shape index (κ3) is 3.45. The van der Waals surface area contributed by atoms with Crippen molar-refractivity contribution in [3.05, 3.63) is 0 Å². The molecule has 2 fully saturated rings. The molecule has 100 valence electrons. The van der Waals surface area contributed by atoms with E-state index in [0.717, 1.165) is 12.5 Å². The summed E-state index contributed by atoms with van der Waals surface area (Å²) in [6.45, 7) is 7.87. The van der Waals surface area contributed by atoms with E-state index < -0.39 is 0 Å². The zero-order valence-corrected chi connectivity index (χ0v) is 11.8. The summed E-state index contributed by atoms with van der Waals surface area (Å²) in [6, 6.07) is 1.30. The zero-order chi connectivity index (χ0) is 12.3. The van der Waals surface area contributed by atoms with Gasteiger partial charge in [-0.2, -0.15) is 0 Å². The number of rotatable bonds is 3. The van der Waals surface area contributed by atoms with E-state index in [1.165, 1.54) is 44.9 Å². The lowest BCUT2D eigenvalue weighted by Gasteiger charge is -2.44. The average Bonchev–Trinajstić information content (AvgIpc) is 2.30. The molecule has 1 N–H and O–H groups in total. The summed E-state index contributed by atoms with van der Waals surface area (Å²) < 4.78 is 6.14. The molecule has 2 unspecified atom stereocenters. The summed E-state index contributed by atoms with van der Waals surface area (Å²) in [5.41, 5.74) is 0.241. The smallest absolute Gasteiger partial charge is 0.0697 e. The van der Waals surface area contributed by atoms with Crippen LogP contribution in [0.4, 0.5) is 0 Å². The van der Waals surface area contributed by atoms with Crippen molar-refractivity contribution in [2.75, 3.05) is 6.61 Å². The number of hydrogen-bond acceptors (Lipinski definition) is 2. The van der Waals surface area contributed by atoms with Crippen LogP contribution >= 0.6 is 0 Å². The van der Waals surface area contributed by atoms with Crippen molar-refractivity contribution in [2.45, 2.75) is 83.4 Å². The fourth-order valence-electron chi connectivity index (χ4n) is 3.28. The van der Waals surface area contributed by atoms with Crippen molar-refractivity contribution in [1.82, 2.24) is 5.32 Å². The van der Waals surface area contributed by atoms with Gasteiger partial charge in [0.25, 0.3) is 0 Å². The molecule has 0 aromatic carbocycles. The first-order chi connectivity index (χ1) is 8.11. The van der Waals surface area contributed by atoms with Crippen molar-refractivity contribution < 1.29 is 4.74 Å². The molecule has 2 nitrogen and oxygen atoms in total. The van der Waals surface area contributed by atoms with Crippen molar-refractivity contribution >= 4 is 0 Å². The number of nitrogens with one attached hydrogen (secondary N) is 1. The summed E-state index contributed by atoms with van der Waals surface area (Å²) in [5, 5.41) is 3.81. The molecule has 1 heterocycles. The van der Waals surface area contributed by atoms with Gasteiger partial charge in [-0.3, -0.25) is 0 Å². The van der Waals surface area contributed by atoms with Gasteiger partial charge in [-0.25, -0.2) is 0 Å². The minimum Gasteiger partial charge on any atom is -0.375 e. The van der Waals surface area contributed by atoms with Crippen LogP contribution < -0.4 is 5.32 Å². The highest BCUT2D eigenvalue weighted by Gasteiger charge is 2.38. The lowest BCUT2D eigenvalue weighted by molar-refractivity contribution is -0.110. The summed E-state index contributed by atoms with van der Waals surface area (Å²) in [5.74, 6) is 0.722. The number of hydrogen-bond donors (Lipinski definition) is 1. The van der Waals surface area contributed by atoms with Crippen LogP contribution in [-0.2, 0) is 4.74 Å². The van der Waals surface area contributed by atoms with Crippen molar-refractivity contribution in [1.29, 1.82) is 0 Å². The van der Waals surface area contributed by atoms with Gasteiger partial charge in [0.15, 0.2) is 0 Å². The van der Waals surface area contributed by atoms with Crippen LogP contribution in [-0.4, -0.2) is 24.3 Å². The van der Waals surface area contributed by atoms with E-state index in [-0.39, 0.29) is 5.60 Å². The maximum Gasteiger partial charge on any atom is 0.0697 e. The first-order valence-electron chi connectivity index (χ1n) is 7.51. The Balaban J connectivity index is 1.88. The van der Waals surface area contributed by atoms with Crippen molar-refractivity contribution in [3.63, 3.8) is 0 Å². The molecule has 17 heavy (non-hydrogen) atoms. The van der Waals surface area contributed by atoms with Crippen LogP contribution in [0.5, 0.6) is 0 Å². The second-order valence-electron chi connectivity index (χ2n) is 6.48. The fraction of sp³-hybridized carbons (Fsp3) is 1.00. The van der Waals surface area contributed by atoms with Gasteiger partial charge >= 0.3 is 0 Å². The second kappa shape index (κ2) is 5.71. The lowest BCUT2D eigenvalue weighted by atomic mass is 9.78. The molecule has 1 saturated carbocycles. The van der Waals surface area contributed by atoms with E-state index in [1.54, 1.807) is 0 Å². The molecule has 0 aromatic heterocycles. The SMILES string of the molecule is CC(C)C(C)NC1CCOC2(CCCCC2)C1. The molecule has 1 aliphatic carbocycles. The number of ether oxygens (including phenoxy) is 1. The molecule has 2 aliphatic rings. The molecular formula is C15H29NO. The van der Waals surface area contributed by atoms with E-state index in [1.807, 2.05) is 0 Å². The summed E-state index contributed by atoms with van der Waals surface area (Å²) in [4.78, 5) is 0. The van der Waals surface area contributed by atoms with Crippen LogP contribution in [0, 0.1) is 5.92 Å². The topological polar surface area (TPSA) is 21.3 Å². The fourth-order valence-corrected chi connectivity index (χ4v) is 3.28. The maximum atomic E-state index is 6.14. The summed E-state index contributed by atoms with van der Waals surface area (Å²) in [6.07, 6.45) is 9.16. The highest BCUT2D eigenvalue weighted by Crippen LogP contribution is 2.38. The third-order valence-electron chi connectivity index (χ3n) is 4.76. The molecular weight excluding hydrogens is 210 g/mol. The van der Waals surface area contributed by atoms with Crippen LogP contribution in [0.15, 0.2) is 0 Å². The van der Waals surface area contributed by atoms with Gasteiger partial charge < -0.3 is 10.1 Å². The predicted molar refractivity (Wildman–Crippen MR) is 72.2 cm³/mol. The highest BCUT2D eigenvalue weighted by molar-refractivity contribution is 4.92. The highest BCUT2D eigenvalue weighted by atomic mass is 16.5. The molecule has 0 amide bonds. The Bertz CT molecular complexity index is 228. The minimum absolute atomic E-state index is 0.241. The van der Waals surface area contributed by atoms with Gasteiger partial charge in [0.05, 0.1) is 5.60 Å². The Kier molecular flexibility index (Phi) is 4.48. The lowest BCUT2D eigenvalue weighted by Crippen LogP contribution is -2.50. The van der Waals surface area contributed by atoms with Crippen LogP contribution in [0.25, 0.3) is 0 Å².